The van der Waals surface area contributed by atoms with Gasteiger partial charge in [0.05, 0.1) is 5.56 Å². The molecule has 20 heavy (non-hydrogen) atoms. The summed E-state index contributed by atoms with van der Waals surface area (Å²) >= 11 is 0. The standard InChI is InChI=1S/C15H15F3N2/c1-9-4-6-12(8-13(9)15(16,17)18)20-14-7-11(19)5-3-10(14)2/h3-8,20H,19H2,1-2H3. The molecule has 0 aliphatic carbocycles. The number of anilines is 3. The van der Waals surface area contributed by atoms with Crippen LogP contribution in [0.5, 0.6) is 0 Å². The molecule has 0 radical (unpaired) electrons. The molecular weight excluding hydrogens is 265 g/mol. The summed E-state index contributed by atoms with van der Waals surface area (Å²) in [5.41, 5.74) is 7.80. The molecule has 2 aromatic rings. The minimum atomic E-state index is -4.35. The molecule has 3 N–H and O–H groups in total. The summed E-state index contributed by atoms with van der Waals surface area (Å²) in [4.78, 5) is 0. The molecule has 106 valence electrons. The molecule has 0 bridgehead atoms. The lowest BCUT2D eigenvalue weighted by Crippen LogP contribution is -2.08. The van der Waals surface area contributed by atoms with Crippen LogP contribution in [0.25, 0.3) is 0 Å². The summed E-state index contributed by atoms with van der Waals surface area (Å²) in [6.45, 7) is 3.30. The third-order valence-corrected chi connectivity index (χ3v) is 3.08. The Hall–Kier alpha value is -2.17. The van der Waals surface area contributed by atoms with Crippen molar-refractivity contribution in [3.63, 3.8) is 0 Å². The van der Waals surface area contributed by atoms with Crippen LogP contribution in [0.3, 0.4) is 0 Å². The van der Waals surface area contributed by atoms with Crippen molar-refractivity contribution in [2.75, 3.05) is 11.1 Å². The first kappa shape index (κ1) is 14.2. The summed E-state index contributed by atoms with van der Waals surface area (Å²) in [5.74, 6) is 0. The summed E-state index contributed by atoms with van der Waals surface area (Å²) in [7, 11) is 0. The van der Waals surface area contributed by atoms with Crippen molar-refractivity contribution in [3.05, 3.63) is 53.1 Å². The normalized spacial score (nSPS) is 11.4. The van der Waals surface area contributed by atoms with E-state index >= 15 is 0 Å². The van der Waals surface area contributed by atoms with Crippen molar-refractivity contribution in [2.24, 2.45) is 0 Å². The van der Waals surface area contributed by atoms with Crippen LogP contribution in [0.1, 0.15) is 16.7 Å². The maximum absolute atomic E-state index is 12.9. The minimum Gasteiger partial charge on any atom is -0.399 e. The Morgan fingerprint density at radius 2 is 1.60 bits per heavy atom. The van der Waals surface area contributed by atoms with Crippen LogP contribution in [0.4, 0.5) is 30.2 Å². The Balaban J connectivity index is 2.37. The quantitative estimate of drug-likeness (QED) is 0.786. The van der Waals surface area contributed by atoms with E-state index in [4.69, 9.17) is 5.73 Å². The van der Waals surface area contributed by atoms with Gasteiger partial charge in [0.2, 0.25) is 0 Å². The molecule has 0 spiro atoms. The third kappa shape index (κ3) is 3.04. The Morgan fingerprint density at radius 1 is 0.950 bits per heavy atom. The number of nitrogens with one attached hydrogen (secondary N) is 1. The first-order valence-corrected chi connectivity index (χ1v) is 6.08. The van der Waals surface area contributed by atoms with Gasteiger partial charge in [0.25, 0.3) is 0 Å². The lowest BCUT2D eigenvalue weighted by molar-refractivity contribution is -0.138. The maximum Gasteiger partial charge on any atom is 0.416 e. The smallest absolute Gasteiger partial charge is 0.399 e. The Kier molecular flexibility index (Phi) is 3.61. The first-order chi connectivity index (χ1) is 9.27. The van der Waals surface area contributed by atoms with Crippen LogP contribution in [0.2, 0.25) is 0 Å². The van der Waals surface area contributed by atoms with Crippen molar-refractivity contribution < 1.29 is 13.2 Å². The zero-order chi connectivity index (χ0) is 14.9. The average molecular weight is 280 g/mol. The monoisotopic (exact) mass is 280 g/mol. The molecule has 0 unspecified atom stereocenters. The van der Waals surface area contributed by atoms with Gasteiger partial charge in [-0.25, -0.2) is 0 Å². The fourth-order valence-corrected chi connectivity index (χ4v) is 1.93. The first-order valence-electron chi connectivity index (χ1n) is 6.08. The van der Waals surface area contributed by atoms with Gasteiger partial charge < -0.3 is 11.1 Å². The maximum atomic E-state index is 12.9. The van der Waals surface area contributed by atoms with E-state index in [2.05, 4.69) is 5.32 Å². The Morgan fingerprint density at radius 3 is 2.25 bits per heavy atom. The van der Waals surface area contributed by atoms with Gasteiger partial charge in [-0.15, -0.1) is 0 Å². The van der Waals surface area contributed by atoms with Crippen LogP contribution >= 0.6 is 0 Å². The van der Waals surface area contributed by atoms with Gasteiger partial charge in [0.1, 0.15) is 0 Å². The van der Waals surface area contributed by atoms with Gasteiger partial charge >= 0.3 is 6.18 Å². The van der Waals surface area contributed by atoms with Crippen molar-refractivity contribution in [1.82, 2.24) is 0 Å². The van der Waals surface area contributed by atoms with Gasteiger partial charge in [-0.3, -0.25) is 0 Å². The van der Waals surface area contributed by atoms with E-state index in [0.29, 0.717) is 17.1 Å². The topological polar surface area (TPSA) is 38.0 Å². The molecule has 0 saturated carbocycles. The van der Waals surface area contributed by atoms with Gasteiger partial charge in [-0.2, -0.15) is 13.2 Å². The SMILES string of the molecule is Cc1ccc(N)cc1Nc1ccc(C)c(C(F)(F)F)c1. The number of halogens is 3. The van der Waals surface area contributed by atoms with E-state index in [9.17, 15) is 13.2 Å². The summed E-state index contributed by atoms with van der Waals surface area (Å²) in [6.07, 6.45) is -4.35. The Bertz CT molecular complexity index is 634. The molecule has 0 aliphatic heterocycles. The molecule has 0 saturated heterocycles. The number of hydrogen-bond donors (Lipinski definition) is 2. The van der Waals surface area contributed by atoms with Crippen LogP contribution in [0, 0.1) is 13.8 Å². The van der Waals surface area contributed by atoms with E-state index in [0.717, 1.165) is 11.6 Å². The fraction of sp³-hybridized carbons (Fsp3) is 0.200. The van der Waals surface area contributed by atoms with Crippen molar-refractivity contribution in [2.45, 2.75) is 20.0 Å². The van der Waals surface area contributed by atoms with Gasteiger partial charge in [0, 0.05) is 17.1 Å². The van der Waals surface area contributed by atoms with Gasteiger partial charge in [-0.1, -0.05) is 12.1 Å². The van der Waals surface area contributed by atoms with E-state index in [-0.39, 0.29) is 5.56 Å². The van der Waals surface area contributed by atoms with Gasteiger partial charge in [-0.05, 0) is 49.2 Å². The highest BCUT2D eigenvalue weighted by Crippen LogP contribution is 2.34. The predicted molar refractivity (Wildman–Crippen MR) is 75.1 cm³/mol. The van der Waals surface area contributed by atoms with E-state index in [1.165, 1.54) is 13.0 Å². The van der Waals surface area contributed by atoms with Crippen LogP contribution < -0.4 is 11.1 Å². The number of nitrogens with two attached hydrogens (primary N) is 1. The summed E-state index contributed by atoms with van der Waals surface area (Å²) in [6, 6.07) is 9.44. The van der Waals surface area contributed by atoms with Crippen LogP contribution in [0.15, 0.2) is 36.4 Å². The van der Waals surface area contributed by atoms with Crippen LogP contribution in [-0.2, 0) is 6.18 Å². The largest absolute Gasteiger partial charge is 0.416 e. The van der Waals surface area contributed by atoms with Crippen molar-refractivity contribution >= 4 is 17.1 Å². The number of alkyl halides is 3. The fourth-order valence-electron chi connectivity index (χ4n) is 1.93. The second-order valence-corrected chi connectivity index (χ2v) is 4.73. The van der Waals surface area contributed by atoms with Gasteiger partial charge in [0.15, 0.2) is 0 Å². The van der Waals surface area contributed by atoms with Crippen molar-refractivity contribution in [1.29, 1.82) is 0 Å². The molecule has 2 rings (SSSR count). The molecule has 5 heteroatoms. The van der Waals surface area contributed by atoms with E-state index in [1.54, 1.807) is 18.2 Å². The van der Waals surface area contributed by atoms with E-state index < -0.39 is 11.7 Å². The molecule has 0 amide bonds. The second-order valence-electron chi connectivity index (χ2n) is 4.73. The molecule has 0 fully saturated rings. The third-order valence-electron chi connectivity index (χ3n) is 3.08. The molecule has 0 aromatic heterocycles. The van der Waals surface area contributed by atoms with Crippen LogP contribution in [-0.4, -0.2) is 0 Å². The number of nitrogen functional groups attached to an aromatic ring is 1. The second kappa shape index (κ2) is 5.07. The average Bonchev–Trinajstić information content (AvgIpc) is 2.35. The molecular formula is C15H15F3N2. The van der Waals surface area contributed by atoms with Crippen molar-refractivity contribution in [3.8, 4) is 0 Å². The lowest BCUT2D eigenvalue weighted by Gasteiger charge is -2.14. The predicted octanol–water partition coefficient (Wildman–Crippen LogP) is 4.65. The minimum absolute atomic E-state index is 0.201. The summed E-state index contributed by atoms with van der Waals surface area (Å²) in [5, 5.41) is 2.97. The molecule has 0 atom stereocenters. The molecule has 0 heterocycles. The highest BCUT2D eigenvalue weighted by Gasteiger charge is 2.32. The molecule has 2 aromatic carbocycles. The molecule has 0 aliphatic rings. The number of aryl methyl sites for hydroxylation is 2. The highest BCUT2D eigenvalue weighted by molar-refractivity contribution is 5.67. The zero-order valence-electron chi connectivity index (χ0n) is 11.2. The highest BCUT2D eigenvalue weighted by atomic mass is 19.4. The number of rotatable bonds is 2. The lowest BCUT2D eigenvalue weighted by atomic mass is 10.1. The van der Waals surface area contributed by atoms with E-state index in [1.807, 2.05) is 13.0 Å². The Labute approximate surface area is 115 Å². The molecule has 2 nitrogen and oxygen atoms in total. The zero-order valence-corrected chi connectivity index (χ0v) is 11.2. The number of hydrogen-bond acceptors (Lipinski definition) is 2. The summed E-state index contributed by atoms with van der Waals surface area (Å²) < 4.78 is 38.6. The number of benzene rings is 2.